The second-order valence-electron chi connectivity index (χ2n) is 4.81. The van der Waals surface area contributed by atoms with E-state index in [0.717, 1.165) is 12.1 Å². The molecule has 0 aliphatic carbocycles. The number of nitrogens with one attached hydrogen (secondary N) is 1. The summed E-state index contributed by atoms with van der Waals surface area (Å²) < 4.78 is 18.1. The minimum atomic E-state index is -0.263. The Balaban J connectivity index is 0.00000200. The largest absolute Gasteiger partial charge is 0.378 e. The zero-order chi connectivity index (χ0) is 13.7. The molecular weight excluding hydrogens is 283 g/mol. The van der Waals surface area contributed by atoms with E-state index in [1.165, 1.54) is 12.1 Å². The van der Waals surface area contributed by atoms with Gasteiger partial charge in [0.15, 0.2) is 0 Å². The third kappa shape index (κ3) is 5.07. The highest BCUT2D eigenvalue weighted by Gasteiger charge is 2.19. The fourth-order valence-corrected chi connectivity index (χ4v) is 2.07. The van der Waals surface area contributed by atoms with E-state index in [9.17, 15) is 9.18 Å². The molecule has 1 unspecified atom stereocenters. The van der Waals surface area contributed by atoms with E-state index in [0.29, 0.717) is 26.2 Å². The summed E-state index contributed by atoms with van der Waals surface area (Å²) in [4.78, 5) is 13.7. The maximum absolute atomic E-state index is 12.8. The molecule has 0 radical (unpaired) electrons. The molecule has 1 aliphatic heterocycles. The van der Waals surface area contributed by atoms with Crippen molar-refractivity contribution in [3.8, 4) is 0 Å². The molecule has 112 valence electrons. The average molecular weight is 303 g/mol. The van der Waals surface area contributed by atoms with Crippen LogP contribution < -0.4 is 5.32 Å². The fraction of sp³-hybridized carbons (Fsp3) is 0.500. The number of halogens is 2. The van der Waals surface area contributed by atoms with Crippen molar-refractivity contribution in [2.45, 2.75) is 19.0 Å². The predicted molar refractivity (Wildman–Crippen MR) is 77.3 cm³/mol. The fourth-order valence-electron chi connectivity index (χ4n) is 2.07. The van der Waals surface area contributed by atoms with Gasteiger partial charge in [0.25, 0.3) is 0 Å². The van der Waals surface area contributed by atoms with Crippen LogP contribution in [-0.4, -0.2) is 43.7 Å². The minimum absolute atomic E-state index is 0. The van der Waals surface area contributed by atoms with Gasteiger partial charge in [-0.3, -0.25) is 4.79 Å². The Labute approximate surface area is 124 Å². The SMILES string of the molecule is CN(Cc1ccc(F)cc1)C(=O)CC1COCCN1.Cl. The average Bonchev–Trinajstić information content (AvgIpc) is 2.42. The Hall–Kier alpha value is -1.17. The molecule has 6 heteroatoms. The van der Waals surface area contributed by atoms with Gasteiger partial charge in [-0.05, 0) is 17.7 Å². The van der Waals surface area contributed by atoms with E-state index < -0.39 is 0 Å². The first kappa shape index (κ1) is 16.9. The van der Waals surface area contributed by atoms with Crippen LogP contribution in [0.5, 0.6) is 0 Å². The highest BCUT2D eigenvalue weighted by Crippen LogP contribution is 2.08. The second kappa shape index (κ2) is 8.19. The number of nitrogens with zero attached hydrogens (tertiary/aromatic N) is 1. The number of hydrogen-bond acceptors (Lipinski definition) is 3. The van der Waals surface area contributed by atoms with Gasteiger partial charge >= 0.3 is 0 Å². The van der Waals surface area contributed by atoms with Crippen LogP contribution in [-0.2, 0) is 16.1 Å². The van der Waals surface area contributed by atoms with Crippen molar-refractivity contribution in [1.29, 1.82) is 0 Å². The maximum Gasteiger partial charge on any atom is 0.224 e. The summed E-state index contributed by atoms with van der Waals surface area (Å²) in [5.41, 5.74) is 0.921. The van der Waals surface area contributed by atoms with Crippen LogP contribution in [0.1, 0.15) is 12.0 Å². The van der Waals surface area contributed by atoms with Crippen LogP contribution in [0.4, 0.5) is 4.39 Å². The van der Waals surface area contributed by atoms with Gasteiger partial charge in [-0.2, -0.15) is 0 Å². The van der Waals surface area contributed by atoms with Gasteiger partial charge in [0.1, 0.15) is 5.82 Å². The van der Waals surface area contributed by atoms with Gasteiger partial charge in [0.05, 0.1) is 13.2 Å². The summed E-state index contributed by atoms with van der Waals surface area (Å²) in [6, 6.07) is 6.30. The first-order chi connectivity index (χ1) is 9.15. The molecule has 0 saturated carbocycles. The molecule has 1 fully saturated rings. The lowest BCUT2D eigenvalue weighted by molar-refractivity contribution is -0.131. The number of carbonyl (C=O) groups excluding carboxylic acids is 1. The summed E-state index contributed by atoms with van der Waals surface area (Å²) in [6.07, 6.45) is 0.428. The number of carbonyl (C=O) groups is 1. The highest BCUT2D eigenvalue weighted by molar-refractivity contribution is 5.85. The van der Waals surface area contributed by atoms with E-state index >= 15 is 0 Å². The molecule has 1 heterocycles. The third-order valence-corrected chi connectivity index (χ3v) is 3.18. The van der Waals surface area contributed by atoms with Crippen molar-refractivity contribution in [3.05, 3.63) is 35.6 Å². The summed E-state index contributed by atoms with van der Waals surface area (Å²) in [6.45, 7) is 2.57. The van der Waals surface area contributed by atoms with Crippen LogP contribution in [0.15, 0.2) is 24.3 Å². The minimum Gasteiger partial charge on any atom is -0.378 e. The predicted octanol–water partition coefficient (Wildman–Crippen LogP) is 1.58. The smallest absolute Gasteiger partial charge is 0.224 e. The molecule has 20 heavy (non-hydrogen) atoms. The van der Waals surface area contributed by atoms with Crippen LogP contribution in [0.2, 0.25) is 0 Å². The van der Waals surface area contributed by atoms with Gasteiger partial charge in [0, 0.05) is 32.6 Å². The molecular formula is C14H20ClFN2O2. The standard InChI is InChI=1S/C14H19FN2O2.ClH/c1-17(9-11-2-4-12(15)5-3-11)14(18)8-13-10-19-7-6-16-13;/h2-5,13,16H,6-10H2,1H3;1H. The molecule has 1 saturated heterocycles. The van der Waals surface area contributed by atoms with Gasteiger partial charge in [-0.25, -0.2) is 4.39 Å². The monoisotopic (exact) mass is 302 g/mol. The van der Waals surface area contributed by atoms with Crippen molar-refractivity contribution in [2.24, 2.45) is 0 Å². The first-order valence-corrected chi connectivity index (χ1v) is 6.44. The molecule has 2 rings (SSSR count). The molecule has 0 aromatic heterocycles. The lowest BCUT2D eigenvalue weighted by Gasteiger charge is -2.25. The quantitative estimate of drug-likeness (QED) is 0.918. The third-order valence-electron chi connectivity index (χ3n) is 3.18. The van der Waals surface area contributed by atoms with Crippen LogP contribution in [0.3, 0.4) is 0 Å². The van der Waals surface area contributed by atoms with E-state index in [4.69, 9.17) is 4.74 Å². The molecule has 1 N–H and O–H groups in total. The van der Waals surface area contributed by atoms with Crippen molar-refractivity contribution in [2.75, 3.05) is 26.8 Å². The summed E-state index contributed by atoms with van der Waals surface area (Å²) in [5, 5.41) is 3.25. The summed E-state index contributed by atoms with van der Waals surface area (Å²) >= 11 is 0. The molecule has 1 aromatic carbocycles. The maximum atomic E-state index is 12.8. The number of ether oxygens (including phenoxy) is 1. The van der Waals surface area contributed by atoms with E-state index in [1.54, 1.807) is 24.1 Å². The molecule has 0 bridgehead atoms. The Bertz CT molecular complexity index is 422. The molecule has 0 spiro atoms. The molecule has 1 aromatic rings. The lowest BCUT2D eigenvalue weighted by atomic mass is 10.1. The number of benzene rings is 1. The molecule has 4 nitrogen and oxygen atoms in total. The van der Waals surface area contributed by atoms with Crippen LogP contribution in [0.25, 0.3) is 0 Å². The van der Waals surface area contributed by atoms with Crippen molar-refractivity contribution in [1.82, 2.24) is 10.2 Å². The number of hydrogen-bond donors (Lipinski definition) is 1. The van der Waals surface area contributed by atoms with Crippen LogP contribution >= 0.6 is 12.4 Å². The zero-order valence-corrected chi connectivity index (χ0v) is 12.3. The second-order valence-corrected chi connectivity index (χ2v) is 4.81. The molecule has 1 atom stereocenters. The van der Waals surface area contributed by atoms with Gasteiger partial charge in [0.2, 0.25) is 5.91 Å². The van der Waals surface area contributed by atoms with Crippen LogP contribution in [0, 0.1) is 5.82 Å². The van der Waals surface area contributed by atoms with Gasteiger partial charge < -0.3 is 15.0 Å². The van der Waals surface area contributed by atoms with Gasteiger partial charge in [-0.15, -0.1) is 12.4 Å². The Morgan fingerprint density at radius 3 is 2.75 bits per heavy atom. The summed E-state index contributed by atoms with van der Waals surface area (Å²) in [7, 11) is 1.76. The van der Waals surface area contributed by atoms with E-state index in [2.05, 4.69) is 5.32 Å². The molecule has 1 amide bonds. The highest BCUT2D eigenvalue weighted by atomic mass is 35.5. The Kier molecular flexibility index (Phi) is 6.91. The normalized spacial score (nSPS) is 18.2. The van der Waals surface area contributed by atoms with Crippen molar-refractivity contribution < 1.29 is 13.9 Å². The Morgan fingerprint density at radius 1 is 1.45 bits per heavy atom. The lowest BCUT2D eigenvalue weighted by Crippen LogP contribution is -2.44. The van der Waals surface area contributed by atoms with Gasteiger partial charge in [-0.1, -0.05) is 12.1 Å². The summed E-state index contributed by atoms with van der Waals surface area (Å²) in [5.74, 6) is -0.200. The Morgan fingerprint density at radius 2 is 2.15 bits per heavy atom. The first-order valence-electron chi connectivity index (χ1n) is 6.44. The molecule has 1 aliphatic rings. The van der Waals surface area contributed by atoms with Crippen molar-refractivity contribution >= 4 is 18.3 Å². The van der Waals surface area contributed by atoms with E-state index in [-0.39, 0.29) is 30.2 Å². The zero-order valence-electron chi connectivity index (χ0n) is 11.5. The number of morpholine rings is 1. The van der Waals surface area contributed by atoms with E-state index in [1.807, 2.05) is 0 Å². The number of amides is 1. The number of rotatable bonds is 4. The topological polar surface area (TPSA) is 41.6 Å². The van der Waals surface area contributed by atoms with Crippen molar-refractivity contribution in [3.63, 3.8) is 0 Å².